The smallest absolute Gasteiger partial charge is 0.266 e. The maximum atomic E-state index is 13.4. The van der Waals surface area contributed by atoms with Crippen LogP contribution in [0.3, 0.4) is 0 Å². The highest BCUT2D eigenvalue weighted by atomic mass is 35.5. The summed E-state index contributed by atoms with van der Waals surface area (Å²) in [5.41, 5.74) is 0.799. The fraction of sp³-hybridized carbons (Fsp3) is 0.167. The van der Waals surface area contributed by atoms with E-state index in [4.69, 9.17) is 21.1 Å². The molecule has 0 aliphatic rings. The van der Waals surface area contributed by atoms with Gasteiger partial charge >= 0.3 is 0 Å². The Hall–Kier alpha value is -2.69. The molecule has 0 bridgehead atoms. The molecular weight excluding hydrogens is 438 g/mol. The van der Waals surface area contributed by atoms with Crippen LogP contribution in [0.15, 0.2) is 47.6 Å². The summed E-state index contributed by atoms with van der Waals surface area (Å²) in [5.74, 6) is 1.04. The Morgan fingerprint density at radius 3 is 2.55 bits per heavy atom. The van der Waals surface area contributed by atoms with Gasteiger partial charge in [-0.15, -0.1) is 0 Å². The number of aldehydes is 1. The molecule has 0 radical (unpaired) electrons. The van der Waals surface area contributed by atoms with Gasteiger partial charge in [-0.25, -0.2) is 17.7 Å². The Morgan fingerprint density at radius 1 is 1.17 bits per heavy atom. The highest BCUT2D eigenvalue weighted by Gasteiger charge is 2.29. The molecule has 1 aromatic heterocycles. The number of halogens is 1. The number of carbonyl (C=O) groups excluding carboxylic acids is 1. The van der Waals surface area contributed by atoms with Crippen LogP contribution in [-0.4, -0.2) is 38.3 Å². The molecule has 11 heteroatoms. The van der Waals surface area contributed by atoms with Crippen LogP contribution in [-0.2, 0) is 16.6 Å². The number of aromatic nitrogens is 2. The number of ether oxygens (including phenoxy) is 2. The van der Waals surface area contributed by atoms with Gasteiger partial charge < -0.3 is 9.47 Å². The predicted octanol–water partition coefficient (Wildman–Crippen LogP) is 3.42. The van der Waals surface area contributed by atoms with Gasteiger partial charge in [0.25, 0.3) is 10.0 Å². The first-order valence-electron chi connectivity index (χ1n) is 8.15. The SMILES string of the molecule is COc1ccc(CN(c2ncns2)S(=O)(=O)c2ccc(C=O)c(Cl)c2)c(OC)c1. The van der Waals surface area contributed by atoms with Gasteiger partial charge in [0, 0.05) is 28.7 Å². The predicted molar refractivity (Wildman–Crippen MR) is 110 cm³/mol. The number of rotatable bonds is 8. The lowest BCUT2D eigenvalue weighted by Crippen LogP contribution is -2.30. The summed E-state index contributed by atoms with van der Waals surface area (Å²) in [7, 11) is -1.04. The second-order valence-corrected chi connectivity index (χ2v) is 8.74. The number of methoxy groups -OCH3 is 2. The van der Waals surface area contributed by atoms with Crippen molar-refractivity contribution in [3.8, 4) is 11.5 Å². The molecule has 29 heavy (non-hydrogen) atoms. The Balaban J connectivity index is 2.07. The van der Waals surface area contributed by atoms with E-state index in [2.05, 4.69) is 9.36 Å². The van der Waals surface area contributed by atoms with Crippen molar-refractivity contribution in [2.24, 2.45) is 0 Å². The molecule has 8 nitrogen and oxygen atoms in total. The van der Waals surface area contributed by atoms with E-state index in [1.54, 1.807) is 18.2 Å². The number of nitrogens with zero attached hydrogens (tertiary/aromatic N) is 3. The zero-order chi connectivity index (χ0) is 21.0. The van der Waals surface area contributed by atoms with Crippen LogP contribution in [0, 0.1) is 0 Å². The molecule has 0 unspecified atom stereocenters. The van der Waals surface area contributed by atoms with E-state index in [1.165, 1.54) is 38.7 Å². The average molecular weight is 454 g/mol. The van der Waals surface area contributed by atoms with E-state index in [9.17, 15) is 13.2 Å². The minimum absolute atomic E-state index is 0.0420. The van der Waals surface area contributed by atoms with Crippen molar-refractivity contribution in [1.82, 2.24) is 9.36 Å². The Morgan fingerprint density at radius 2 is 1.97 bits per heavy atom. The molecule has 0 spiro atoms. The third-order valence-electron chi connectivity index (χ3n) is 4.06. The van der Waals surface area contributed by atoms with Crippen LogP contribution in [0.1, 0.15) is 15.9 Å². The lowest BCUT2D eigenvalue weighted by atomic mass is 10.2. The van der Waals surface area contributed by atoms with Gasteiger partial charge in [0.2, 0.25) is 5.13 Å². The molecule has 3 aromatic rings. The van der Waals surface area contributed by atoms with Crippen molar-refractivity contribution in [3.05, 3.63) is 58.9 Å². The summed E-state index contributed by atoms with van der Waals surface area (Å²) in [6.45, 7) is -0.0578. The summed E-state index contributed by atoms with van der Waals surface area (Å²) >= 11 is 6.97. The summed E-state index contributed by atoms with van der Waals surface area (Å²) in [6, 6.07) is 9.00. The van der Waals surface area contributed by atoms with Crippen molar-refractivity contribution in [2.75, 3.05) is 18.5 Å². The molecule has 0 aliphatic heterocycles. The minimum atomic E-state index is -4.06. The minimum Gasteiger partial charge on any atom is -0.497 e. The fourth-order valence-corrected chi connectivity index (χ4v) is 5.01. The summed E-state index contributed by atoms with van der Waals surface area (Å²) < 4.78 is 42.3. The third kappa shape index (κ3) is 4.34. The van der Waals surface area contributed by atoms with Crippen molar-refractivity contribution < 1.29 is 22.7 Å². The molecule has 2 aromatic carbocycles. The van der Waals surface area contributed by atoms with Gasteiger partial charge in [0.15, 0.2) is 6.29 Å². The largest absolute Gasteiger partial charge is 0.497 e. The normalized spacial score (nSPS) is 11.1. The zero-order valence-corrected chi connectivity index (χ0v) is 17.8. The van der Waals surface area contributed by atoms with Crippen molar-refractivity contribution >= 4 is 44.6 Å². The number of hydrogen-bond donors (Lipinski definition) is 0. The summed E-state index contributed by atoms with van der Waals surface area (Å²) in [4.78, 5) is 15.0. The highest BCUT2D eigenvalue weighted by Crippen LogP contribution is 2.32. The second-order valence-electron chi connectivity index (χ2n) is 5.71. The van der Waals surface area contributed by atoms with E-state index >= 15 is 0 Å². The third-order valence-corrected chi connectivity index (χ3v) is 6.92. The zero-order valence-electron chi connectivity index (χ0n) is 15.4. The van der Waals surface area contributed by atoms with Gasteiger partial charge in [-0.05, 0) is 30.3 Å². The van der Waals surface area contributed by atoms with Crippen LogP contribution in [0.2, 0.25) is 5.02 Å². The molecule has 3 rings (SSSR count). The van der Waals surface area contributed by atoms with Crippen molar-refractivity contribution in [2.45, 2.75) is 11.4 Å². The van der Waals surface area contributed by atoms with Crippen LogP contribution in [0.25, 0.3) is 0 Å². The van der Waals surface area contributed by atoms with Gasteiger partial charge in [-0.2, -0.15) is 4.37 Å². The van der Waals surface area contributed by atoms with E-state index in [0.717, 1.165) is 15.8 Å². The highest BCUT2D eigenvalue weighted by molar-refractivity contribution is 7.93. The molecule has 0 fully saturated rings. The van der Waals surface area contributed by atoms with E-state index in [1.807, 2.05) is 0 Å². The molecule has 0 saturated heterocycles. The number of hydrogen-bond acceptors (Lipinski definition) is 8. The van der Waals surface area contributed by atoms with Crippen LogP contribution in [0.5, 0.6) is 11.5 Å². The first kappa shape index (κ1) is 21.0. The number of benzene rings is 2. The van der Waals surface area contributed by atoms with Crippen molar-refractivity contribution in [1.29, 1.82) is 0 Å². The van der Waals surface area contributed by atoms with Crippen LogP contribution < -0.4 is 13.8 Å². The van der Waals surface area contributed by atoms with Gasteiger partial charge in [-0.3, -0.25) is 4.79 Å². The average Bonchev–Trinajstić information content (AvgIpc) is 3.26. The molecule has 1 heterocycles. The monoisotopic (exact) mass is 453 g/mol. The summed E-state index contributed by atoms with van der Waals surface area (Å²) in [6.07, 6.45) is 1.83. The molecule has 152 valence electrons. The van der Waals surface area contributed by atoms with E-state index in [-0.39, 0.29) is 27.2 Å². The number of anilines is 1. The lowest BCUT2D eigenvalue weighted by molar-refractivity contribution is 0.112. The second kappa shape index (κ2) is 8.76. The molecule has 0 amide bonds. The Labute approximate surface area is 176 Å². The first-order chi connectivity index (χ1) is 13.9. The van der Waals surface area contributed by atoms with E-state index in [0.29, 0.717) is 23.3 Å². The standard InChI is InChI=1S/C18H16ClN3O5S2/c1-26-14-5-3-12(17(7-14)27-2)9-22(18-20-11-21-28-18)29(24,25)15-6-4-13(10-23)16(19)8-15/h3-8,10-11H,9H2,1-2H3. The Bertz CT molecular complexity index is 1120. The quantitative estimate of drug-likeness (QED) is 0.482. The molecule has 0 aliphatic carbocycles. The van der Waals surface area contributed by atoms with Gasteiger partial charge in [0.1, 0.15) is 17.8 Å². The molecule has 0 saturated carbocycles. The molecule has 0 atom stereocenters. The fourth-order valence-electron chi connectivity index (χ4n) is 2.56. The van der Waals surface area contributed by atoms with Gasteiger partial charge in [-0.1, -0.05) is 11.6 Å². The summed E-state index contributed by atoms with van der Waals surface area (Å²) in [5, 5.41) is 0.221. The van der Waals surface area contributed by atoms with Crippen LogP contribution in [0.4, 0.5) is 5.13 Å². The number of sulfonamides is 1. The van der Waals surface area contributed by atoms with Crippen molar-refractivity contribution in [3.63, 3.8) is 0 Å². The van der Waals surface area contributed by atoms with Gasteiger partial charge in [0.05, 0.1) is 30.7 Å². The van der Waals surface area contributed by atoms with E-state index < -0.39 is 10.0 Å². The molecular formula is C18H16ClN3O5S2. The first-order valence-corrected chi connectivity index (χ1v) is 10.7. The topological polar surface area (TPSA) is 98.7 Å². The van der Waals surface area contributed by atoms with Crippen LogP contribution >= 0.6 is 23.1 Å². The maximum absolute atomic E-state index is 13.4. The Kier molecular flexibility index (Phi) is 6.36. The molecule has 0 N–H and O–H groups in total. The maximum Gasteiger partial charge on any atom is 0.266 e. The lowest BCUT2D eigenvalue weighted by Gasteiger charge is -2.23. The number of carbonyl (C=O) groups is 1.